The Morgan fingerprint density at radius 2 is 2.10 bits per heavy atom. The third-order valence-corrected chi connectivity index (χ3v) is 3.97. The second-order valence-corrected chi connectivity index (χ2v) is 5.46. The van der Waals surface area contributed by atoms with Crippen LogP contribution < -0.4 is 11.3 Å². The maximum atomic E-state index is 12.1. The van der Waals surface area contributed by atoms with Crippen molar-refractivity contribution in [2.45, 2.75) is 32.2 Å². The number of benzene rings is 1. The summed E-state index contributed by atoms with van der Waals surface area (Å²) in [6.45, 7) is 1.38. The molecule has 0 spiro atoms. The first-order valence-electron chi connectivity index (χ1n) is 7.41. The van der Waals surface area contributed by atoms with Crippen molar-refractivity contribution in [1.82, 2.24) is 9.88 Å². The van der Waals surface area contributed by atoms with E-state index in [4.69, 9.17) is 5.84 Å². The molecule has 3 N–H and O–H groups in total. The number of nitrogens with one attached hydrogen (secondary N) is 1. The normalized spacial score (nSPS) is 16.0. The molecule has 0 atom stereocenters. The van der Waals surface area contributed by atoms with Crippen LogP contribution in [-0.2, 0) is 11.3 Å². The average molecular weight is 284 g/mol. The van der Waals surface area contributed by atoms with E-state index in [2.05, 4.69) is 16.5 Å². The molecular weight excluding hydrogens is 264 g/mol. The highest BCUT2D eigenvalue weighted by Gasteiger charge is 2.18. The molecule has 0 unspecified atom stereocenters. The summed E-state index contributed by atoms with van der Waals surface area (Å²) in [5.74, 6) is 6.47. The Morgan fingerprint density at radius 1 is 1.24 bits per heavy atom. The third kappa shape index (κ3) is 2.97. The van der Waals surface area contributed by atoms with Gasteiger partial charge in [-0.05, 0) is 25.0 Å². The van der Waals surface area contributed by atoms with Crippen LogP contribution in [0.3, 0.4) is 0 Å². The summed E-state index contributed by atoms with van der Waals surface area (Å²) in [6, 6.07) is 9.98. The predicted octanol–water partition coefficient (Wildman–Crippen LogP) is 2.42. The van der Waals surface area contributed by atoms with Gasteiger partial charge in [-0.1, -0.05) is 24.6 Å². The summed E-state index contributed by atoms with van der Waals surface area (Å²) in [5, 5.41) is 1.06. The number of rotatable bonds is 3. The minimum atomic E-state index is 0.226. The van der Waals surface area contributed by atoms with E-state index in [0.29, 0.717) is 18.8 Å². The van der Waals surface area contributed by atoms with Gasteiger partial charge in [-0.2, -0.15) is 0 Å². The maximum absolute atomic E-state index is 12.1. The summed E-state index contributed by atoms with van der Waals surface area (Å²) in [7, 11) is 0. The molecule has 1 aliphatic heterocycles. The monoisotopic (exact) mass is 284 g/mol. The lowest BCUT2D eigenvalue weighted by Gasteiger charge is -2.22. The zero-order valence-electron chi connectivity index (χ0n) is 12.0. The van der Waals surface area contributed by atoms with E-state index in [1.54, 1.807) is 0 Å². The lowest BCUT2D eigenvalue weighted by molar-refractivity contribution is -0.131. The third-order valence-electron chi connectivity index (χ3n) is 3.97. The predicted molar refractivity (Wildman–Crippen MR) is 83.4 cm³/mol. The van der Waals surface area contributed by atoms with Gasteiger partial charge in [0.25, 0.3) is 0 Å². The molecule has 5 heteroatoms. The number of nitrogen functional groups attached to an aromatic ring is 1. The molecule has 1 aromatic carbocycles. The van der Waals surface area contributed by atoms with Crippen LogP contribution in [0.25, 0.3) is 10.9 Å². The SMILES string of the molecule is NNc1nc2ccccc2cc1CN1CCCCCC1=O. The zero-order valence-corrected chi connectivity index (χ0v) is 12.0. The van der Waals surface area contributed by atoms with Crippen molar-refractivity contribution in [1.29, 1.82) is 0 Å². The summed E-state index contributed by atoms with van der Waals surface area (Å²) < 4.78 is 0. The van der Waals surface area contributed by atoms with E-state index >= 15 is 0 Å². The van der Waals surface area contributed by atoms with Gasteiger partial charge < -0.3 is 10.3 Å². The van der Waals surface area contributed by atoms with Crippen molar-refractivity contribution in [3.05, 3.63) is 35.9 Å². The summed E-state index contributed by atoms with van der Waals surface area (Å²) in [5.41, 5.74) is 4.52. The molecule has 110 valence electrons. The number of nitrogens with two attached hydrogens (primary N) is 1. The fraction of sp³-hybridized carbons (Fsp3) is 0.375. The molecule has 1 saturated heterocycles. The Bertz CT molecular complexity index is 656. The number of likely N-dealkylation sites (tertiary alicyclic amines) is 1. The van der Waals surface area contributed by atoms with Crippen LogP contribution in [0.2, 0.25) is 0 Å². The van der Waals surface area contributed by atoms with Gasteiger partial charge in [0.05, 0.1) is 5.52 Å². The van der Waals surface area contributed by atoms with Gasteiger partial charge in [0, 0.05) is 30.5 Å². The number of anilines is 1. The second kappa shape index (κ2) is 6.10. The first-order chi connectivity index (χ1) is 10.3. The molecule has 2 aromatic rings. The van der Waals surface area contributed by atoms with Gasteiger partial charge in [0.15, 0.2) is 0 Å². The first kappa shape index (κ1) is 13.8. The van der Waals surface area contributed by atoms with Gasteiger partial charge in [0.2, 0.25) is 5.91 Å². The van der Waals surface area contributed by atoms with Crippen LogP contribution in [-0.4, -0.2) is 22.3 Å². The minimum absolute atomic E-state index is 0.226. The molecule has 0 saturated carbocycles. The Hall–Kier alpha value is -2.14. The van der Waals surface area contributed by atoms with Crippen LogP contribution in [0.4, 0.5) is 5.82 Å². The average Bonchev–Trinajstić information content (AvgIpc) is 2.71. The topological polar surface area (TPSA) is 71.2 Å². The molecule has 5 nitrogen and oxygen atoms in total. The van der Waals surface area contributed by atoms with Gasteiger partial charge in [0.1, 0.15) is 5.82 Å². The Labute approximate surface area is 124 Å². The van der Waals surface area contributed by atoms with E-state index in [0.717, 1.165) is 42.3 Å². The van der Waals surface area contributed by atoms with Crippen molar-refractivity contribution in [2.75, 3.05) is 12.0 Å². The van der Waals surface area contributed by atoms with E-state index in [-0.39, 0.29) is 5.91 Å². The quantitative estimate of drug-likeness (QED) is 0.671. The van der Waals surface area contributed by atoms with Crippen LogP contribution in [0, 0.1) is 0 Å². The number of para-hydroxylation sites is 1. The number of carbonyl (C=O) groups is 1. The van der Waals surface area contributed by atoms with Crippen molar-refractivity contribution >= 4 is 22.6 Å². The number of nitrogens with zero attached hydrogens (tertiary/aromatic N) is 2. The van der Waals surface area contributed by atoms with Crippen molar-refractivity contribution in [3.8, 4) is 0 Å². The van der Waals surface area contributed by atoms with E-state index in [1.807, 2.05) is 29.2 Å². The molecule has 0 aliphatic carbocycles. The van der Waals surface area contributed by atoms with Crippen LogP contribution in [0.1, 0.15) is 31.2 Å². The Kier molecular flexibility index (Phi) is 4.01. The summed E-state index contributed by atoms with van der Waals surface area (Å²) >= 11 is 0. The van der Waals surface area contributed by atoms with Crippen LogP contribution >= 0.6 is 0 Å². The fourth-order valence-electron chi connectivity index (χ4n) is 2.82. The standard InChI is InChI=1S/C16H20N4O/c17-19-16-13(10-12-6-3-4-7-14(12)18-16)11-20-9-5-1-2-8-15(20)21/h3-4,6-7,10H,1-2,5,8-9,11,17H2,(H,18,19). The maximum Gasteiger partial charge on any atom is 0.222 e. The summed E-state index contributed by atoms with van der Waals surface area (Å²) in [6.07, 6.45) is 3.83. The number of hydrazine groups is 1. The van der Waals surface area contributed by atoms with Gasteiger partial charge in [-0.25, -0.2) is 10.8 Å². The molecular formula is C16H20N4O. The van der Waals surface area contributed by atoms with Crippen LogP contribution in [0.15, 0.2) is 30.3 Å². The lowest BCUT2D eigenvalue weighted by atomic mass is 10.1. The van der Waals surface area contributed by atoms with E-state index in [1.165, 1.54) is 0 Å². The zero-order chi connectivity index (χ0) is 14.7. The highest BCUT2D eigenvalue weighted by atomic mass is 16.2. The largest absolute Gasteiger partial charge is 0.338 e. The molecule has 3 rings (SSSR count). The van der Waals surface area contributed by atoms with Gasteiger partial charge in [-0.15, -0.1) is 0 Å². The molecule has 0 radical (unpaired) electrons. The van der Waals surface area contributed by atoms with E-state index in [9.17, 15) is 4.79 Å². The summed E-state index contributed by atoms with van der Waals surface area (Å²) in [4.78, 5) is 18.6. The number of amides is 1. The number of aromatic nitrogens is 1. The highest BCUT2D eigenvalue weighted by molar-refractivity contribution is 5.82. The van der Waals surface area contributed by atoms with Gasteiger partial charge in [-0.3, -0.25) is 4.79 Å². The number of fused-ring (bicyclic) bond motifs is 1. The molecule has 1 aliphatic rings. The number of carbonyl (C=O) groups excluding carboxylic acids is 1. The van der Waals surface area contributed by atoms with Crippen LogP contribution in [0.5, 0.6) is 0 Å². The smallest absolute Gasteiger partial charge is 0.222 e. The number of pyridine rings is 1. The lowest BCUT2D eigenvalue weighted by Crippen LogP contribution is -2.30. The van der Waals surface area contributed by atoms with Crippen molar-refractivity contribution < 1.29 is 4.79 Å². The Balaban J connectivity index is 1.93. The fourth-order valence-corrected chi connectivity index (χ4v) is 2.82. The van der Waals surface area contributed by atoms with E-state index < -0.39 is 0 Å². The molecule has 1 amide bonds. The van der Waals surface area contributed by atoms with Crippen molar-refractivity contribution in [2.24, 2.45) is 5.84 Å². The van der Waals surface area contributed by atoms with Crippen molar-refractivity contribution in [3.63, 3.8) is 0 Å². The first-order valence-corrected chi connectivity index (χ1v) is 7.41. The van der Waals surface area contributed by atoms with Gasteiger partial charge >= 0.3 is 0 Å². The second-order valence-electron chi connectivity index (χ2n) is 5.46. The molecule has 1 aromatic heterocycles. The molecule has 21 heavy (non-hydrogen) atoms. The Morgan fingerprint density at radius 3 is 2.95 bits per heavy atom. The molecule has 2 heterocycles. The number of hydrogen-bond acceptors (Lipinski definition) is 4. The molecule has 0 bridgehead atoms. The number of hydrogen-bond donors (Lipinski definition) is 2. The minimum Gasteiger partial charge on any atom is -0.338 e. The highest BCUT2D eigenvalue weighted by Crippen LogP contribution is 2.23. The molecule has 1 fully saturated rings.